The van der Waals surface area contributed by atoms with Gasteiger partial charge in [-0.25, -0.2) is 0 Å². The van der Waals surface area contributed by atoms with Crippen LogP contribution in [0.3, 0.4) is 0 Å². The molecule has 5 heteroatoms. The molecule has 1 saturated heterocycles. The Hall–Kier alpha value is -1.10. The Morgan fingerprint density at radius 1 is 1.42 bits per heavy atom. The summed E-state index contributed by atoms with van der Waals surface area (Å²) in [6, 6.07) is 0. The number of aliphatic carboxylic acids is 1. The Morgan fingerprint density at radius 2 is 2.11 bits per heavy atom. The van der Waals surface area contributed by atoms with Crippen molar-refractivity contribution in [2.45, 2.75) is 46.1 Å². The lowest BCUT2D eigenvalue weighted by Crippen LogP contribution is -2.45. The molecular formula is C14H25NO4. The molecule has 1 amide bonds. The van der Waals surface area contributed by atoms with Crippen molar-refractivity contribution < 1.29 is 19.4 Å². The van der Waals surface area contributed by atoms with Crippen molar-refractivity contribution in [3.8, 4) is 0 Å². The fourth-order valence-corrected chi connectivity index (χ4v) is 2.44. The molecule has 0 aromatic carbocycles. The van der Waals surface area contributed by atoms with E-state index in [-0.39, 0.29) is 23.8 Å². The van der Waals surface area contributed by atoms with E-state index >= 15 is 0 Å². The molecule has 1 heterocycles. The monoisotopic (exact) mass is 271 g/mol. The van der Waals surface area contributed by atoms with E-state index in [0.29, 0.717) is 32.5 Å². The standard InChI is InChI=1S/C14H25NO4/c1-10(2)19-8-4-5-13(16)15-7-6-12(14(17)18)11(3)9-15/h10-12H,4-9H2,1-3H3,(H,17,18). The number of likely N-dealkylation sites (tertiary alicyclic amines) is 1. The van der Waals surface area contributed by atoms with Crippen molar-refractivity contribution in [3.05, 3.63) is 0 Å². The first-order valence-electron chi connectivity index (χ1n) is 7.04. The van der Waals surface area contributed by atoms with Gasteiger partial charge in [-0.1, -0.05) is 6.92 Å². The van der Waals surface area contributed by atoms with Crippen LogP contribution in [0.2, 0.25) is 0 Å². The fourth-order valence-electron chi connectivity index (χ4n) is 2.44. The maximum atomic E-state index is 12.0. The van der Waals surface area contributed by atoms with Crippen molar-refractivity contribution in [3.63, 3.8) is 0 Å². The fraction of sp³-hybridized carbons (Fsp3) is 0.857. The molecule has 19 heavy (non-hydrogen) atoms. The minimum Gasteiger partial charge on any atom is -0.481 e. The Kier molecular flexibility index (Phi) is 6.28. The van der Waals surface area contributed by atoms with Gasteiger partial charge >= 0.3 is 5.97 Å². The Morgan fingerprint density at radius 3 is 2.63 bits per heavy atom. The first kappa shape index (κ1) is 16.0. The van der Waals surface area contributed by atoms with Gasteiger partial charge in [0.2, 0.25) is 5.91 Å². The summed E-state index contributed by atoms with van der Waals surface area (Å²) in [5.41, 5.74) is 0. The smallest absolute Gasteiger partial charge is 0.306 e. The summed E-state index contributed by atoms with van der Waals surface area (Å²) >= 11 is 0. The number of piperidine rings is 1. The highest BCUT2D eigenvalue weighted by Gasteiger charge is 2.32. The molecule has 1 rings (SSSR count). The van der Waals surface area contributed by atoms with Gasteiger partial charge in [-0.05, 0) is 32.6 Å². The van der Waals surface area contributed by atoms with Gasteiger partial charge in [0.25, 0.3) is 0 Å². The number of carbonyl (C=O) groups excluding carboxylic acids is 1. The van der Waals surface area contributed by atoms with Crippen LogP contribution in [-0.4, -0.2) is 47.7 Å². The third-order valence-corrected chi connectivity index (χ3v) is 3.56. The van der Waals surface area contributed by atoms with Crippen LogP contribution in [0, 0.1) is 11.8 Å². The van der Waals surface area contributed by atoms with Gasteiger partial charge in [-0.2, -0.15) is 0 Å². The molecule has 1 aliphatic heterocycles. The zero-order chi connectivity index (χ0) is 14.4. The number of nitrogens with zero attached hydrogens (tertiary/aromatic N) is 1. The molecular weight excluding hydrogens is 246 g/mol. The molecule has 0 aliphatic carbocycles. The van der Waals surface area contributed by atoms with Crippen LogP contribution in [-0.2, 0) is 14.3 Å². The molecule has 5 nitrogen and oxygen atoms in total. The van der Waals surface area contributed by atoms with Crippen LogP contribution >= 0.6 is 0 Å². The largest absolute Gasteiger partial charge is 0.481 e. The number of hydrogen-bond donors (Lipinski definition) is 1. The Bertz CT molecular complexity index is 317. The number of ether oxygens (including phenoxy) is 1. The van der Waals surface area contributed by atoms with Crippen molar-refractivity contribution in [2.24, 2.45) is 11.8 Å². The van der Waals surface area contributed by atoms with E-state index in [0.717, 1.165) is 6.42 Å². The van der Waals surface area contributed by atoms with E-state index in [9.17, 15) is 9.59 Å². The minimum atomic E-state index is -0.745. The predicted molar refractivity (Wildman–Crippen MR) is 71.8 cm³/mol. The van der Waals surface area contributed by atoms with Crippen molar-refractivity contribution in [1.29, 1.82) is 0 Å². The Balaban J connectivity index is 2.29. The number of carboxylic acids is 1. The number of carboxylic acid groups (broad SMARTS) is 1. The van der Waals surface area contributed by atoms with E-state index in [1.165, 1.54) is 0 Å². The average molecular weight is 271 g/mol. The summed E-state index contributed by atoms with van der Waals surface area (Å²) in [5.74, 6) is -0.914. The highest BCUT2D eigenvalue weighted by molar-refractivity contribution is 5.77. The molecule has 0 radical (unpaired) electrons. The molecule has 0 aromatic heterocycles. The van der Waals surface area contributed by atoms with Gasteiger partial charge in [0.15, 0.2) is 0 Å². The minimum absolute atomic E-state index is 0.0297. The van der Waals surface area contributed by atoms with Gasteiger partial charge in [-0.15, -0.1) is 0 Å². The second-order valence-electron chi connectivity index (χ2n) is 5.57. The highest BCUT2D eigenvalue weighted by atomic mass is 16.5. The van der Waals surface area contributed by atoms with E-state index in [4.69, 9.17) is 9.84 Å². The van der Waals surface area contributed by atoms with Crippen LogP contribution in [0.1, 0.15) is 40.0 Å². The lowest BCUT2D eigenvalue weighted by atomic mass is 9.87. The van der Waals surface area contributed by atoms with Crippen LogP contribution in [0.25, 0.3) is 0 Å². The van der Waals surface area contributed by atoms with Crippen LogP contribution in [0.15, 0.2) is 0 Å². The summed E-state index contributed by atoms with van der Waals surface area (Å²) < 4.78 is 5.40. The first-order chi connectivity index (χ1) is 8.91. The van der Waals surface area contributed by atoms with Crippen LogP contribution in [0.4, 0.5) is 0 Å². The summed E-state index contributed by atoms with van der Waals surface area (Å²) in [6.45, 7) is 7.57. The van der Waals surface area contributed by atoms with E-state index in [2.05, 4.69) is 0 Å². The van der Waals surface area contributed by atoms with Crippen molar-refractivity contribution >= 4 is 11.9 Å². The quantitative estimate of drug-likeness (QED) is 0.748. The maximum absolute atomic E-state index is 12.0. The zero-order valence-electron chi connectivity index (χ0n) is 12.1. The number of rotatable bonds is 6. The molecule has 0 saturated carbocycles. The lowest BCUT2D eigenvalue weighted by molar-refractivity contribution is -0.148. The molecule has 0 spiro atoms. The number of amides is 1. The first-order valence-corrected chi connectivity index (χ1v) is 7.04. The topological polar surface area (TPSA) is 66.8 Å². The van der Waals surface area contributed by atoms with E-state index in [1.54, 1.807) is 4.90 Å². The molecule has 2 atom stereocenters. The van der Waals surface area contributed by atoms with Crippen LogP contribution in [0.5, 0.6) is 0 Å². The summed E-state index contributed by atoms with van der Waals surface area (Å²) in [5, 5.41) is 9.04. The highest BCUT2D eigenvalue weighted by Crippen LogP contribution is 2.24. The average Bonchev–Trinajstić information content (AvgIpc) is 2.33. The molecule has 1 aliphatic rings. The van der Waals surface area contributed by atoms with E-state index < -0.39 is 5.97 Å². The molecule has 2 unspecified atom stereocenters. The number of carbonyl (C=O) groups is 2. The SMILES string of the molecule is CC(C)OCCCC(=O)N1CCC(C(=O)O)C(C)C1. The van der Waals surface area contributed by atoms with Gasteiger partial charge < -0.3 is 14.7 Å². The van der Waals surface area contributed by atoms with Gasteiger partial charge in [0.05, 0.1) is 12.0 Å². The molecule has 0 bridgehead atoms. The third kappa shape index (κ3) is 5.19. The maximum Gasteiger partial charge on any atom is 0.306 e. The molecule has 1 N–H and O–H groups in total. The summed E-state index contributed by atoms with van der Waals surface area (Å²) in [6.07, 6.45) is 1.97. The number of hydrogen-bond acceptors (Lipinski definition) is 3. The molecule has 1 fully saturated rings. The van der Waals surface area contributed by atoms with Gasteiger partial charge in [0.1, 0.15) is 0 Å². The predicted octanol–water partition coefficient (Wildman–Crippen LogP) is 1.76. The van der Waals surface area contributed by atoms with E-state index in [1.807, 2.05) is 20.8 Å². The van der Waals surface area contributed by atoms with Crippen molar-refractivity contribution in [2.75, 3.05) is 19.7 Å². The second kappa shape index (κ2) is 7.48. The second-order valence-corrected chi connectivity index (χ2v) is 5.57. The van der Waals surface area contributed by atoms with Gasteiger partial charge in [-0.3, -0.25) is 9.59 Å². The molecule has 0 aromatic rings. The normalized spacial score (nSPS) is 23.7. The lowest BCUT2D eigenvalue weighted by Gasteiger charge is -2.35. The van der Waals surface area contributed by atoms with Crippen molar-refractivity contribution in [1.82, 2.24) is 4.90 Å². The third-order valence-electron chi connectivity index (χ3n) is 3.56. The summed E-state index contributed by atoms with van der Waals surface area (Å²) in [7, 11) is 0. The molecule has 110 valence electrons. The van der Waals surface area contributed by atoms with Crippen LogP contribution < -0.4 is 0 Å². The van der Waals surface area contributed by atoms with Gasteiger partial charge in [0, 0.05) is 26.1 Å². The Labute approximate surface area is 114 Å². The zero-order valence-corrected chi connectivity index (χ0v) is 12.1. The summed E-state index contributed by atoms with van der Waals surface area (Å²) in [4.78, 5) is 24.8.